The highest BCUT2D eigenvalue weighted by Gasteiger charge is 2.31. The van der Waals surface area contributed by atoms with Crippen LogP contribution in [0, 0.1) is 6.92 Å². The first-order valence-electron chi connectivity index (χ1n) is 8.02. The summed E-state index contributed by atoms with van der Waals surface area (Å²) in [5.74, 6) is 1.56. The van der Waals surface area contributed by atoms with Crippen LogP contribution in [0.3, 0.4) is 0 Å². The van der Waals surface area contributed by atoms with Crippen molar-refractivity contribution in [1.29, 1.82) is 0 Å². The second kappa shape index (κ2) is 6.11. The molecule has 0 spiro atoms. The van der Waals surface area contributed by atoms with E-state index in [9.17, 15) is 13.2 Å². The van der Waals surface area contributed by atoms with Gasteiger partial charge in [0.05, 0.1) is 12.1 Å². The minimum Gasteiger partial charge on any atom is -0.472 e. The van der Waals surface area contributed by atoms with Crippen LogP contribution in [-0.4, -0.2) is 43.8 Å². The van der Waals surface area contributed by atoms with Crippen LogP contribution >= 0.6 is 0 Å². The Morgan fingerprint density at radius 2 is 2.08 bits per heavy atom. The normalized spacial score (nSPS) is 17.8. The van der Waals surface area contributed by atoms with Gasteiger partial charge in [0.1, 0.15) is 18.2 Å². The molecule has 1 fully saturated rings. The van der Waals surface area contributed by atoms with Gasteiger partial charge in [0, 0.05) is 37.0 Å². The lowest BCUT2D eigenvalue weighted by atomic mass is 10.3. The lowest BCUT2D eigenvalue weighted by molar-refractivity contribution is -0.137. The van der Waals surface area contributed by atoms with Crippen molar-refractivity contribution >= 4 is 11.6 Å². The van der Waals surface area contributed by atoms with E-state index in [-0.39, 0.29) is 12.0 Å². The number of alkyl halides is 3. The molecule has 1 aliphatic rings. The topological polar surface area (TPSA) is 68.4 Å². The molecule has 136 valence electrons. The van der Waals surface area contributed by atoms with Crippen LogP contribution in [0.15, 0.2) is 30.7 Å². The summed E-state index contributed by atoms with van der Waals surface area (Å²) in [7, 11) is 0. The van der Waals surface area contributed by atoms with E-state index in [0.29, 0.717) is 12.3 Å². The molecular formula is C16H15F3N6O. The SMILES string of the molecule is Cc1cc(N2CCC(Oc3ccc(C(F)(F)F)cn3)C2)n2ncnc2n1. The summed E-state index contributed by atoms with van der Waals surface area (Å²) >= 11 is 0. The molecule has 1 unspecified atom stereocenters. The predicted octanol–water partition coefficient (Wildman–Crippen LogP) is 2.50. The summed E-state index contributed by atoms with van der Waals surface area (Å²) in [6.45, 7) is 3.18. The Balaban J connectivity index is 1.48. The highest BCUT2D eigenvalue weighted by atomic mass is 19.4. The molecule has 1 saturated heterocycles. The maximum Gasteiger partial charge on any atom is 0.417 e. The van der Waals surface area contributed by atoms with Crippen molar-refractivity contribution in [3.05, 3.63) is 42.0 Å². The van der Waals surface area contributed by atoms with Crippen molar-refractivity contribution in [3.63, 3.8) is 0 Å². The molecule has 4 rings (SSSR count). The van der Waals surface area contributed by atoms with E-state index in [1.165, 1.54) is 12.4 Å². The zero-order valence-corrected chi connectivity index (χ0v) is 13.8. The fourth-order valence-electron chi connectivity index (χ4n) is 2.96. The van der Waals surface area contributed by atoms with Crippen molar-refractivity contribution < 1.29 is 17.9 Å². The highest BCUT2D eigenvalue weighted by Crippen LogP contribution is 2.30. The molecule has 10 heteroatoms. The van der Waals surface area contributed by atoms with Gasteiger partial charge in [0.2, 0.25) is 5.88 Å². The molecule has 0 amide bonds. The minimum atomic E-state index is -4.40. The third kappa shape index (κ3) is 3.14. The van der Waals surface area contributed by atoms with Gasteiger partial charge in [0.15, 0.2) is 0 Å². The van der Waals surface area contributed by atoms with Crippen molar-refractivity contribution in [2.75, 3.05) is 18.0 Å². The van der Waals surface area contributed by atoms with E-state index >= 15 is 0 Å². The zero-order chi connectivity index (χ0) is 18.3. The van der Waals surface area contributed by atoms with Crippen molar-refractivity contribution in [1.82, 2.24) is 24.6 Å². The molecule has 3 aromatic heterocycles. The molecule has 0 N–H and O–H groups in total. The number of pyridine rings is 1. The van der Waals surface area contributed by atoms with E-state index in [1.54, 1.807) is 4.52 Å². The Kier molecular flexibility index (Phi) is 3.89. The zero-order valence-electron chi connectivity index (χ0n) is 13.8. The van der Waals surface area contributed by atoms with Crippen LogP contribution < -0.4 is 9.64 Å². The molecule has 1 aliphatic heterocycles. The van der Waals surface area contributed by atoms with E-state index in [0.717, 1.165) is 36.7 Å². The van der Waals surface area contributed by atoms with Crippen molar-refractivity contribution in [2.24, 2.45) is 0 Å². The van der Waals surface area contributed by atoms with Crippen LogP contribution in [0.5, 0.6) is 5.88 Å². The molecule has 7 nitrogen and oxygen atoms in total. The molecule has 0 bridgehead atoms. The lowest BCUT2D eigenvalue weighted by Gasteiger charge is -2.19. The first-order valence-corrected chi connectivity index (χ1v) is 8.02. The molecule has 0 aromatic carbocycles. The minimum absolute atomic E-state index is 0.175. The number of aromatic nitrogens is 5. The fraction of sp³-hybridized carbons (Fsp3) is 0.375. The Hall–Kier alpha value is -2.91. The molecule has 0 radical (unpaired) electrons. The summed E-state index contributed by atoms with van der Waals surface area (Å²) in [6, 6.07) is 4.14. The maximum absolute atomic E-state index is 12.6. The first-order chi connectivity index (χ1) is 12.4. The van der Waals surface area contributed by atoms with Gasteiger partial charge >= 0.3 is 6.18 Å². The van der Waals surface area contributed by atoms with Gasteiger partial charge in [-0.1, -0.05) is 0 Å². The lowest BCUT2D eigenvalue weighted by Crippen LogP contribution is -2.26. The smallest absolute Gasteiger partial charge is 0.417 e. The van der Waals surface area contributed by atoms with Gasteiger partial charge in [0.25, 0.3) is 5.78 Å². The monoisotopic (exact) mass is 364 g/mol. The number of hydrogen-bond acceptors (Lipinski definition) is 6. The van der Waals surface area contributed by atoms with Gasteiger partial charge in [-0.3, -0.25) is 0 Å². The summed E-state index contributed by atoms with van der Waals surface area (Å²) in [6.07, 6.45) is -1.63. The number of halogens is 3. The van der Waals surface area contributed by atoms with Gasteiger partial charge in [-0.2, -0.15) is 27.8 Å². The average Bonchev–Trinajstić information content (AvgIpc) is 3.23. The Bertz CT molecular complexity index is 924. The third-order valence-electron chi connectivity index (χ3n) is 4.18. The van der Waals surface area contributed by atoms with E-state index < -0.39 is 11.7 Å². The number of aryl methyl sites for hydroxylation is 1. The number of ether oxygens (including phenoxy) is 1. The molecule has 0 saturated carbocycles. The van der Waals surface area contributed by atoms with E-state index in [2.05, 4.69) is 25.0 Å². The van der Waals surface area contributed by atoms with Crippen molar-refractivity contribution in [2.45, 2.75) is 25.6 Å². The summed E-state index contributed by atoms with van der Waals surface area (Å²) in [5, 5.41) is 4.19. The van der Waals surface area contributed by atoms with Crippen LogP contribution in [0.2, 0.25) is 0 Å². The Morgan fingerprint density at radius 3 is 2.81 bits per heavy atom. The number of rotatable bonds is 3. The Labute approximate surface area is 146 Å². The second-order valence-corrected chi connectivity index (χ2v) is 6.08. The fourth-order valence-corrected chi connectivity index (χ4v) is 2.96. The van der Waals surface area contributed by atoms with Crippen LogP contribution in [0.1, 0.15) is 17.7 Å². The third-order valence-corrected chi connectivity index (χ3v) is 4.18. The molecule has 26 heavy (non-hydrogen) atoms. The molecule has 0 aliphatic carbocycles. The van der Waals surface area contributed by atoms with Gasteiger partial charge < -0.3 is 9.64 Å². The van der Waals surface area contributed by atoms with Crippen LogP contribution in [-0.2, 0) is 6.18 Å². The van der Waals surface area contributed by atoms with Crippen LogP contribution in [0.25, 0.3) is 5.78 Å². The maximum atomic E-state index is 12.6. The largest absolute Gasteiger partial charge is 0.472 e. The van der Waals surface area contributed by atoms with E-state index in [4.69, 9.17) is 4.74 Å². The van der Waals surface area contributed by atoms with Crippen molar-refractivity contribution in [3.8, 4) is 5.88 Å². The number of nitrogens with zero attached hydrogens (tertiary/aromatic N) is 6. The Morgan fingerprint density at radius 1 is 1.23 bits per heavy atom. The number of fused-ring (bicyclic) bond motifs is 1. The highest BCUT2D eigenvalue weighted by molar-refractivity contribution is 5.48. The standard InChI is InChI=1S/C16H15F3N6O/c1-10-6-14(25-15(23-10)21-9-22-25)24-5-4-12(8-24)26-13-3-2-11(7-20-13)16(17,18)19/h2-3,6-7,9,12H,4-5,8H2,1H3. The quantitative estimate of drug-likeness (QED) is 0.711. The first kappa shape index (κ1) is 16.6. The summed E-state index contributed by atoms with van der Waals surface area (Å²) in [4.78, 5) is 14.3. The van der Waals surface area contributed by atoms with Gasteiger partial charge in [-0.15, -0.1) is 0 Å². The molecule has 3 aromatic rings. The van der Waals surface area contributed by atoms with Gasteiger partial charge in [-0.25, -0.2) is 9.97 Å². The molecule has 4 heterocycles. The predicted molar refractivity (Wildman–Crippen MR) is 86.0 cm³/mol. The number of hydrogen-bond donors (Lipinski definition) is 0. The molecular weight excluding hydrogens is 349 g/mol. The molecule has 1 atom stereocenters. The average molecular weight is 364 g/mol. The van der Waals surface area contributed by atoms with Crippen LogP contribution in [0.4, 0.5) is 19.0 Å². The van der Waals surface area contributed by atoms with Gasteiger partial charge in [-0.05, 0) is 13.0 Å². The second-order valence-electron chi connectivity index (χ2n) is 6.08. The summed E-state index contributed by atoms with van der Waals surface area (Å²) in [5.41, 5.74) is 0.0352. The summed E-state index contributed by atoms with van der Waals surface area (Å²) < 4.78 is 45.2. The number of anilines is 1. The van der Waals surface area contributed by atoms with E-state index in [1.807, 2.05) is 13.0 Å².